The van der Waals surface area contributed by atoms with Crippen molar-refractivity contribution >= 4 is 0 Å². The summed E-state index contributed by atoms with van der Waals surface area (Å²) in [6, 6.07) is 0. The number of hydrogen-bond acceptors (Lipinski definition) is 0. The molecule has 65 valence electrons. The van der Waals surface area contributed by atoms with E-state index in [2.05, 4.69) is 20.8 Å². The fraction of sp³-hybridized carbons (Fsp3) is 0.909. The van der Waals surface area contributed by atoms with Crippen LogP contribution in [0.3, 0.4) is 0 Å². The van der Waals surface area contributed by atoms with Crippen molar-refractivity contribution in [2.45, 2.75) is 52.4 Å². The first-order valence-corrected chi connectivity index (χ1v) is 4.98. The quantitative estimate of drug-likeness (QED) is 0.566. The maximum Gasteiger partial charge on any atom is -0.0300 e. The summed E-state index contributed by atoms with van der Waals surface area (Å²) in [7, 11) is 0. The van der Waals surface area contributed by atoms with Gasteiger partial charge in [0.25, 0.3) is 0 Å². The fourth-order valence-electron chi connectivity index (χ4n) is 2.35. The third-order valence-corrected chi connectivity index (χ3v) is 3.57. The van der Waals surface area contributed by atoms with E-state index in [1.807, 2.05) is 0 Å². The van der Waals surface area contributed by atoms with Gasteiger partial charge < -0.3 is 0 Å². The predicted octanol–water partition coefficient (Wildman–Crippen LogP) is 3.82. The Morgan fingerprint density at radius 3 is 2.73 bits per heavy atom. The summed E-state index contributed by atoms with van der Waals surface area (Å²) in [6.07, 6.45) is 8.21. The minimum atomic E-state index is 0.625. The molecule has 2 atom stereocenters. The molecular weight excluding hydrogens is 132 g/mol. The highest BCUT2D eigenvalue weighted by molar-refractivity contribution is 4.83. The summed E-state index contributed by atoms with van der Waals surface area (Å²) in [5, 5.41) is 0. The third kappa shape index (κ3) is 1.98. The van der Waals surface area contributed by atoms with Gasteiger partial charge >= 0.3 is 0 Å². The van der Waals surface area contributed by atoms with E-state index in [0.717, 1.165) is 12.3 Å². The van der Waals surface area contributed by atoms with Crippen LogP contribution in [0.4, 0.5) is 0 Å². The van der Waals surface area contributed by atoms with Crippen LogP contribution in [-0.4, -0.2) is 0 Å². The van der Waals surface area contributed by atoms with Crippen LogP contribution in [0.5, 0.6) is 0 Å². The van der Waals surface area contributed by atoms with Crippen LogP contribution >= 0.6 is 0 Å². The minimum absolute atomic E-state index is 0.625. The molecule has 1 saturated carbocycles. The van der Waals surface area contributed by atoms with E-state index in [4.69, 9.17) is 0 Å². The van der Waals surface area contributed by atoms with Gasteiger partial charge in [-0.1, -0.05) is 46.5 Å². The van der Waals surface area contributed by atoms with Crippen LogP contribution in [-0.2, 0) is 0 Å². The van der Waals surface area contributed by atoms with Gasteiger partial charge in [0.05, 0.1) is 0 Å². The van der Waals surface area contributed by atoms with Crippen molar-refractivity contribution in [3.63, 3.8) is 0 Å². The molecule has 0 N–H and O–H groups in total. The van der Waals surface area contributed by atoms with Crippen molar-refractivity contribution in [3.8, 4) is 0 Å². The first-order chi connectivity index (χ1) is 5.19. The van der Waals surface area contributed by atoms with E-state index < -0.39 is 0 Å². The molecule has 0 heterocycles. The molecule has 1 aliphatic rings. The largest absolute Gasteiger partial charge is 0.0620 e. The predicted molar refractivity (Wildman–Crippen MR) is 50.3 cm³/mol. The second-order valence-electron chi connectivity index (χ2n) is 4.40. The monoisotopic (exact) mass is 153 g/mol. The molecule has 11 heavy (non-hydrogen) atoms. The summed E-state index contributed by atoms with van der Waals surface area (Å²) in [5.41, 5.74) is 0.625. The first kappa shape index (κ1) is 9.09. The zero-order valence-electron chi connectivity index (χ0n) is 8.03. The molecule has 2 unspecified atom stereocenters. The number of hydrogen-bond donors (Lipinski definition) is 0. The lowest BCUT2D eigenvalue weighted by molar-refractivity contribution is 0.119. The summed E-state index contributed by atoms with van der Waals surface area (Å²) in [4.78, 5) is 0. The minimum Gasteiger partial charge on any atom is -0.0620 e. The van der Waals surface area contributed by atoms with Gasteiger partial charge in [-0.05, 0) is 24.2 Å². The average Bonchev–Trinajstić information content (AvgIpc) is 1.96. The Labute approximate surface area is 71.4 Å². The Bertz CT molecular complexity index is 113. The Morgan fingerprint density at radius 1 is 1.45 bits per heavy atom. The highest BCUT2D eigenvalue weighted by Crippen LogP contribution is 2.43. The molecule has 0 spiro atoms. The highest BCUT2D eigenvalue weighted by Gasteiger charge is 2.32. The molecule has 0 heteroatoms. The van der Waals surface area contributed by atoms with E-state index in [1.165, 1.54) is 32.1 Å². The lowest BCUT2D eigenvalue weighted by Gasteiger charge is -2.39. The van der Waals surface area contributed by atoms with Gasteiger partial charge in [0.15, 0.2) is 0 Å². The third-order valence-electron chi connectivity index (χ3n) is 3.57. The topological polar surface area (TPSA) is 0 Å². The van der Waals surface area contributed by atoms with Crippen molar-refractivity contribution < 1.29 is 0 Å². The standard InChI is InChI=1S/C11H21/c1-4-8-11(3)9-6-5-7-10(11)2/h10H,1,4-9H2,2-3H3. The number of rotatable bonds is 2. The Morgan fingerprint density at radius 2 is 2.18 bits per heavy atom. The lowest BCUT2D eigenvalue weighted by atomic mass is 9.66. The molecule has 1 rings (SSSR count). The van der Waals surface area contributed by atoms with Crippen LogP contribution in [0.2, 0.25) is 0 Å². The molecule has 0 amide bonds. The van der Waals surface area contributed by atoms with Gasteiger partial charge in [-0.2, -0.15) is 0 Å². The van der Waals surface area contributed by atoms with Gasteiger partial charge in [0, 0.05) is 0 Å². The van der Waals surface area contributed by atoms with E-state index >= 15 is 0 Å². The van der Waals surface area contributed by atoms with Gasteiger partial charge in [-0.3, -0.25) is 0 Å². The summed E-state index contributed by atoms with van der Waals surface area (Å²) >= 11 is 0. The molecule has 1 aliphatic carbocycles. The van der Waals surface area contributed by atoms with E-state index in [1.54, 1.807) is 0 Å². The highest BCUT2D eigenvalue weighted by atomic mass is 14.4. The van der Waals surface area contributed by atoms with E-state index in [-0.39, 0.29) is 0 Å². The van der Waals surface area contributed by atoms with Crippen molar-refractivity contribution in [3.05, 3.63) is 6.92 Å². The maximum absolute atomic E-state index is 3.96. The van der Waals surface area contributed by atoms with Crippen molar-refractivity contribution in [1.82, 2.24) is 0 Å². The Balaban J connectivity index is 2.49. The van der Waals surface area contributed by atoms with Gasteiger partial charge in [0.1, 0.15) is 0 Å². The van der Waals surface area contributed by atoms with Crippen LogP contribution in [0.15, 0.2) is 0 Å². The van der Waals surface area contributed by atoms with Crippen molar-refractivity contribution in [1.29, 1.82) is 0 Å². The molecule has 0 aromatic rings. The maximum atomic E-state index is 3.96. The van der Waals surface area contributed by atoms with E-state index in [0.29, 0.717) is 5.41 Å². The van der Waals surface area contributed by atoms with Crippen LogP contribution in [0.1, 0.15) is 52.4 Å². The van der Waals surface area contributed by atoms with Gasteiger partial charge in [0.2, 0.25) is 0 Å². The summed E-state index contributed by atoms with van der Waals surface area (Å²) in [5.74, 6) is 0.929. The smallest absolute Gasteiger partial charge is 0.0300 e. The first-order valence-electron chi connectivity index (χ1n) is 4.98. The van der Waals surface area contributed by atoms with Crippen molar-refractivity contribution in [2.24, 2.45) is 11.3 Å². The SMILES string of the molecule is [CH2]CCC1(C)CCCCC1C. The molecule has 1 radical (unpaired) electrons. The summed E-state index contributed by atoms with van der Waals surface area (Å²) < 4.78 is 0. The molecule has 0 aromatic carbocycles. The zero-order chi connectivity index (χ0) is 8.32. The van der Waals surface area contributed by atoms with Crippen LogP contribution in [0.25, 0.3) is 0 Å². The molecule has 1 fully saturated rings. The second-order valence-corrected chi connectivity index (χ2v) is 4.40. The molecule has 0 bridgehead atoms. The average molecular weight is 153 g/mol. The molecule has 0 saturated heterocycles. The zero-order valence-corrected chi connectivity index (χ0v) is 8.03. The Hall–Kier alpha value is 0. The summed E-state index contributed by atoms with van der Waals surface area (Å²) in [6.45, 7) is 8.82. The molecule has 0 nitrogen and oxygen atoms in total. The molecular formula is C11H21. The lowest BCUT2D eigenvalue weighted by Crippen LogP contribution is -2.28. The van der Waals surface area contributed by atoms with Crippen LogP contribution < -0.4 is 0 Å². The fourth-order valence-corrected chi connectivity index (χ4v) is 2.35. The van der Waals surface area contributed by atoms with E-state index in [9.17, 15) is 0 Å². The molecule has 0 aliphatic heterocycles. The normalized spacial score (nSPS) is 39.0. The van der Waals surface area contributed by atoms with Crippen molar-refractivity contribution in [2.75, 3.05) is 0 Å². The van der Waals surface area contributed by atoms with Gasteiger partial charge in [-0.25, -0.2) is 0 Å². The van der Waals surface area contributed by atoms with Crippen LogP contribution in [0, 0.1) is 18.3 Å². The second kappa shape index (κ2) is 3.60. The Kier molecular flexibility index (Phi) is 2.98. The molecule has 0 aromatic heterocycles. The van der Waals surface area contributed by atoms with Gasteiger partial charge in [-0.15, -0.1) is 0 Å².